The van der Waals surface area contributed by atoms with Gasteiger partial charge in [-0.1, -0.05) is 37.3 Å². The van der Waals surface area contributed by atoms with Gasteiger partial charge in [-0.15, -0.1) is 0 Å². The SMILES string of the molecule is CCC1(Oc2cc3cc(C(=O)Oc4cc(S(=O)(=O)[O-])cc5ccccc45)ccc3cc2F)CCCC1. The molecule has 0 saturated heterocycles. The Labute approximate surface area is 208 Å². The van der Waals surface area contributed by atoms with Crippen LogP contribution in [0, 0.1) is 5.82 Å². The summed E-state index contributed by atoms with van der Waals surface area (Å²) in [5.41, 5.74) is -0.190. The van der Waals surface area contributed by atoms with Gasteiger partial charge in [0.15, 0.2) is 11.6 Å². The summed E-state index contributed by atoms with van der Waals surface area (Å²) in [4.78, 5) is 12.5. The molecule has 0 unspecified atom stereocenters. The van der Waals surface area contributed by atoms with Crippen LogP contribution in [0.15, 0.2) is 71.6 Å². The lowest BCUT2D eigenvalue weighted by Gasteiger charge is -2.29. The van der Waals surface area contributed by atoms with Crippen LogP contribution in [0.3, 0.4) is 0 Å². The summed E-state index contributed by atoms with van der Waals surface area (Å²) < 4.78 is 61.4. The first kappa shape index (κ1) is 24.2. The van der Waals surface area contributed by atoms with E-state index in [1.165, 1.54) is 18.2 Å². The predicted molar refractivity (Wildman–Crippen MR) is 133 cm³/mol. The van der Waals surface area contributed by atoms with E-state index in [1.807, 2.05) is 6.92 Å². The molecule has 6 nitrogen and oxygen atoms in total. The highest BCUT2D eigenvalue weighted by Crippen LogP contribution is 2.39. The van der Waals surface area contributed by atoms with Crippen LogP contribution in [0.5, 0.6) is 11.5 Å². The average molecular weight is 508 g/mol. The van der Waals surface area contributed by atoms with E-state index in [9.17, 15) is 22.2 Å². The minimum absolute atomic E-state index is 0.0399. The molecular weight excluding hydrogens is 483 g/mol. The van der Waals surface area contributed by atoms with Crippen LogP contribution in [0.4, 0.5) is 4.39 Å². The molecule has 5 rings (SSSR count). The molecule has 0 atom stereocenters. The fourth-order valence-electron chi connectivity index (χ4n) is 4.87. The molecular formula is C28H24FO6S-. The zero-order valence-corrected chi connectivity index (χ0v) is 20.4. The van der Waals surface area contributed by atoms with Gasteiger partial charge in [-0.2, -0.15) is 0 Å². The Morgan fingerprint density at radius 1 is 0.944 bits per heavy atom. The molecule has 0 spiro atoms. The number of benzene rings is 4. The van der Waals surface area contributed by atoms with E-state index in [4.69, 9.17) is 9.47 Å². The molecule has 0 aromatic heterocycles. The summed E-state index contributed by atoms with van der Waals surface area (Å²) in [7, 11) is -4.76. The Kier molecular flexibility index (Phi) is 6.18. The van der Waals surface area contributed by atoms with Crippen molar-refractivity contribution in [2.45, 2.75) is 49.5 Å². The summed E-state index contributed by atoms with van der Waals surface area (Å²) in [6, 6.07) is 16.7. The highest BCUT2D eigenvalue weighted by Gasteiger charge is 2.35. The number of carbonyl (C=O) groups excluding carboxylic acids is 1. The maximum atomic E-state index is 14.8. The summed E-state index contributed by atoms with van der Waals surface area (Å²) in [6.45, 7) is 2.04. The average Bonchev–Trinajstić information content (AvgIpc) is 3.32. The zero-order valence-electron chi connectivity index (χ0n) is 19.6. The monoisotopic (exact) mass is 507 g/mol. The van der Waals surface area contributed by atoms with Crippen molar-refractivity contribution < 1.29 is 31.6 Å². The second-order valence-electron chi connectivity index (χ2n) is 9.18. The lowest BCUT2D eigenvalue weighted by molar-refractivity contribution is 0.0674. The van der Waals surface area contributed by atoms with Crippen molar-refractivity contribution in [1.82, 2.24) is 0 Å². The third-order valence-electron chi connectivity index (χ3n) is 6.90. The molecule has 186 valence electrons. The fraction of sp³-hybridized carbons (Fsp3) is 0.250. The molecule has 1 saturated carbocycles. The second-order valence-corrected chi connectivity index (χ2v) is 10.6. The Hall–Kier alpha value is -3.49. The lowest BCUT2D eigenvalue weighted by Crippen LogP contribution is -2.31. The molecule has 4 aromatic carbocycles. The minimum Gasteiger partial charge on any atom is -0.744 e. The van der Waals surface area contributed by atoms with Crippen LogP contribution in [-0.4, -0.2) is 24.5 Å². The van der Waals surface area contributed by atoms with Gasteiger partial charge in [0.05, 0.1) is 10.5 Å². The number of carbonyl (C=O) groups is 1. The Morgan fingerprint density at radius 2 is 1.69 bits per heavy atom. The van der Waals surface area contributed by atoms with Crippen LogP contribution in [-0.2, 0) is 10.1 Å². The van der Waals surface area contributed by atoms with Crippen LogP contribution >= 0.6 is 0 Å². The van der Waals surface area contributed by atoms with E-state index in [-0.39, 0.29) is 22.7 Å². The predicted octanol–water partition coefficient (Wildman–Crippen LogP) is 6.36. The first-order chi connectivity index (χ1) is 17.2. The number of rotatable bonds is 6. The first-order valence-corrected chi connectivity index (χ1v) is 13.2. The number of esters is 1. The summed E-state index contributed by atoms with van der Waals surface area (Å²) in [5, 5.41) is 2.13. The van der Waals surface area contributed by atoms with Crippen molar-refractivity contribution in [2.24, 2.45) is 0 Å². The van der Waals surface area contributed by atoms with Crippen LogP contribution in [0.1, 0.15) is 49.4 Å². The third-order valence-corrected chi connectivity index (χ3v) is 7.71. The van der Waals surface area contributed by atoms with Crippen molar-refractivity contribution in [1.29, 1.82) is 0 Å². The maximum Gasteiger partial charge on any atom is 0.343 e. The minimum atomic E-state index is -4.76. The molecule has 36 heavy (non-hydrogen) atoms. The van der Waals surface area contributed by atoms with Crippen molar-refractivity contribution in [3.63, 3.8) is 0 Å². The standard InChI is InChI=1S/C28H25FO6S/c1-2-28(11-5-6-12-28)35-26-16-21-13-20(10-9-18(21)15-24(26)29)27(30)34-25-17-22(36(31,32)33)14-19-7-3-4-8-23(19)25/h3-4,7-10,13-17H,2,5-6,11-12H2,1H3,(H,31,32,33)/p-1. The van der Waals surface area contributed by atoms with Crippen molar-refractivity contribution in [3.05, 3.63) is 78.1 Å². The van der Waals surface area contributed by atoms with Gasteiger partial charge in [0, 0.05) is 5.39 Å². The molecule has 1 aliphatic rings. The second kappa shape index (κ2) is 9.19. The molecule has 1 aliphatic carbocycles. The number of hydrogen-bond donors (Lipinski definition) is 0. The summed E-state index contributed by atoms with van der Waals surface area (Å²) in [5.74, 6) is -1.09. The molecule has 0 amide bonds. The molecule has 1 fully saturated rings. The molecule has 8 heteroatoms. The van der Waals surface area contributed by atoms with E-state index < -0.39 is 26.8 Å². The van der Waals surface area contributed by atoms with Crippen molar-refractivity contribution in [2.75, 3.05) is 0 Å². The normalized spacial score (nSPS) is 15.3. The van der Waals surface area contributed by atoms with E-state index in [1.54, 1.807) is 42.5 Å². The van der Waals surface area contributed by atoms with Crippen molar-refractivity contribution in [3.8, 4) is 11.5 Å². The smallest absolute Gasteiger partial charge is 0.343 e. The van der Waals surface area contributed by atoms with Crippen molar-refractivity contribution >= 4 is 37.6 Å². The van der Waals surface area contributed by atoms with Gasteiger partial charge in [0.1, 0.15) is 21.5 Å². The molecule has 0 bridgehead atoms. The summed E-state index contributed by atoms with van der Waals surface area (Å²) in [6.07, 6.45) is 4.62. The number of fused-ring (bicyclic) bond motifs is 2. The molecule has 4 aromatic rings. The highest BCUT2D eigenvalue weighted by molar-refractivity contribution is 7.85. The Balaban J connectivity index is 1.49. The largest absolute Gasteiger partial charge is 0.744 e. The fourth-order valence-corrected chi connectivity index (χ4v) is 5.39. The van der Waals surface area contributed by atoms with Gasteiger partial charge >= 0.3 is 5.97 Å². The Bertz CT molecular complexity index is 1590. The quantitative estimate of drug-likeness (QED) is 0.171. The van der Waals surface area contributed by atoms with Gasteiger partial charge in [0.2, 0.25) is 0 Å². The molecule has 0 aliphatic heterocycles. The van der Waals surface area contributed by atoms with E-state index in [0.29, 0.717) is 21.5 Å². The molecule has 0 radical (unpaired) electrons. The van der Waals surface area contributed by atoms with E-state index >= 15 is 0 Å². The molecule has 0 N–H and O–H groups in total. The van der Waals surface area contributed by atoms with Crippen LogP contribution < -0.4 is 9.47 Å². The first-order valence-electron chi connectivity index (χ1n) is 11.8. The van der Waals surface area contributed by atoms with Gasteiger partial charge < -0.3 is 14.0 Å². The van der Waals surface area contributed by atoms with Gasteiger partial charge in [-0.05, 0) is 84.7 Å². The maximum absolute atomic E-state index is 14.8. The van der Waals surface area contributed by atoms with Gasteiger partial charge in [0.25, 0.3) is 0 Å². The van der Waals surface area contributed by atoms with Gasteiger partial charge in [-0.3, -0.25) is 0 Å². The van der Waals surface area contributed by atoms with Crippen LogP contribution in [0.2, 0.25) is 0 Å². The third kappa shape index (κ3) is 4.66. The number of halogens is 1. The van der Waals surface area contributed by atoms with E-state index in [0.717, 1.165) is 38.2 Å². The van der Waals surface area contributed by atoms with Crippen LogP contribution in [0.25, 0.3) is 21.5 Å². The molecule has 0 heterocycles. The number of hydrogen-bond acceptors (Lipinski definition) is 6. The zero-order chi connectivity index (χ0) is 25.5. The van der Waals surface area contributed by atoms with Gasteiger partial charge in [-0.25, -0.2) is 17.6 Å². The highest BCUT2D eigenvalue weighted by atomic mass is 32.2. The van der Waals surface area contributed by atoms with E-state index in [2.05, 4.69) is 0 Å². The lowest BCUT2D eigenvalue weighted by atomic mass is 9.98. The Morgan fingerprint density at radius 3 is 2.42 bits per heavy atom. The number of ether oxygens (including phenoxy) is 2. The topological polar surface area (TPSA) is 92.7 Å². The summed E-state index contributed by atoms with van der Waals surface area (Å²) >= 11 is 0.